The Morgan fingerprint density at radius 2 is 1.96 bits per heavy atom. The maximum Gasteiger partial charge on any atom is 0.321 e. The van der Waals surface area contributed by atoms with Crippen LogP contribution in [0.4, 0.5) is 4.79 Å². The summed E-state index contributed by atoms with van der Waals surface area (Å²) in [6.45, 7) is 7.27. The molecule has 1 atom stereocenters. The third kappa shape index (κ3) is 5.09. The van der Waals surface area contributed by atoms with Crippen LogP contribution < -0.4 is 10.6 Å². The zero-order valence-electron chi connectivity index (χ0n) is 14.0. The molecule has 0 radical (unpaired) electrons. The van der Waals surface area contributed by atoms with Gasteiger partial charge in [-0.15, -0.1) is 10.2 Å². The van der Waals surface area contributed by atoms with E-state index in [1.165, 1.54) is 0 Å². The number of thioether (sulfide) groups is 1. The molecule has 7 nitrogen and oxygen atoms in total. The smallest absolute Gasteiger partial charge is 0.321 e. The summed E-state index contributed by atoms with van der Waals surface area (Å²) in [6.07, 6.45) is 0. The summed E-state index contributed by atoms with van der Waals surface area (Å²) < 4.78 is 5.58. The number of benzene rings is 1. The van der Waals surface area contributed by atoms with Gasteiger partial charge in [-0.2, -0.15) is 0 Å². The van der Waals surface area contributed by atoms with Crippen molar-refractivity contribution in [2.24, 2.45) is 0 Å². The van der Waals surface area contributed by atoms with Crippen LogP contribution in [0.15, 0.2) is 33.9 Å². The predicted molar refractivity (Wildman–Crippen MR) is 91.6 cm³/mol. The molecule has 1 aromatic carbocycles. The summed E-state index contributed by atoms with van der Waals surface area (Å²) in [4.78, 5) is 23.5. The molecule has 0 fully saturated rings. The van der Waals surface area contributed by atoms with Crippen LogP contribution in [-0.2, 0) is 4.79 Å². The lowest BCUT2D eigenvalue weighted by Gasteiger charge is -2.11. The fraction of sp³-hybridized carbons (Fsp3) is 0.375. The summed E-state index contributed by atoms with van der Waals surface area (Å²) >= 11 is 1.10. The number of hydrogen-bond donors (Lipinski definition) is 2. The van der Waals surface area contributed by atoms with Crippen LogP contribution in [0.25, 0.3) is 11.5 Å². The topological polar surface area (TPSA) is 97.1 Å². The summed E-state index contributed by atoms with van der Waals surface area (Å²) in [5.74, 6) is -0.0279. The van der Waals surface area contributed by atoms with Gasteiger partial charge in [0, 0.05) is 11.6 Å². The molecule has 2 N–H and O–H groups in total. The van der Waals surface area contributed by atoms with Crippen LogP contribution in [0.2, 0.25) is 0 Å². The zero-order chi connectivity index (χ0) is 17.7. The Morgan fingerprint density at radius 3 is 2.62 bits per heavy atom. The first-order chi connectivity index (χ1) is 11.3. The van der Waals surface area contributed by atoms with E-state index in [0.717, 1.165) is 22.9 Å². The highest BCUT2D eigenvalue weighted by Crippen LogP contribution is 2.26. The molecule has 0 aliphatic heterocycles. The van der Waals surface area contributed by atoms with Gasteiger partial charge in [-0.3, -0.25) is 10.1 Å². The number of rotatable bonds is 5. The third-order valence-corrected chi connectivity index (χ3v) is 3.91. The molecule has 1 heterocycles. The molecule has 1 aromatic heterocycles. The number of nitrogens with zero attached hydrogens (tertiary/aromatic N) is 2. The first-order valence-corrected chi connectivity index (χ1v) is 8.41. The molecule has 0 saturated heterocycles. The van der Waals surface area contributed by atoms with Gasteiger partial charge in [-0.1, -0.05) is 29.5 Å². The number of imide groups is 1. The number of carbonyl (C=O) groups is 2. The minimum atomic E-state index is -0.547. The highest BCUT2D eigenvalue weighted by Gasteiger charge is 2.20. The molecule has 3 amide bonds. The van der Waals surface area contributed by atoms with Crippen LogP contribution >= 0.6 is 11.8 Å². The van der Waals surface area contributed by atoms with Crippen molar-refractivity contribution < 1.29 is 14.0 Å². The van der Waals surface area contributed by atoms with Crippen molar-refractivity contribution >= 4 is 23.7 Å². The quantitative estimate of drug-likeness (QED) is 0.807. The molecule has 0 bridgehead atoms. The number of aryl methyl sites for hydroxylation is 1. The van der Waals surface area contributed by atoms with Gasteiger partial charge in [0.2, 0.25) is 11.8 Å². The maximum atomic E-state index is 12.0. The van der Waals surface area contributed by atoms with E-state index in [1.807, 2.05) is 45.0 Å². The predicted octanol–water partition coefficient (Wildman–Crippen LogP) is 2.76. The van der Waals surface area contributed by atoms with E-state index in [1.54, 1.807) is 6.92 Å². The Morgan fingerprint density at radius 1 is 1.21 bits per heavy atom. The fourth-order valence-corrected chi connectivity index (χ4v) is 2.55. The van der Waals surface area contributed by atoms with Crippen molar-refractivity contribution in [1.29, 1.82) is 0 Å². The fourth-order valence-electron chi connectivity index (χ4n) is 1.87. The molecule has 0 aliphatic carbocycles. The van der Waals surface area contributed by atoms with E-state index in [9.17, 15) is 9.59 Å². The van der Waals surface area contributed by atoms with E-state index < -0.39 is 17.2 Å². The summed E-state index contributed by atoms with van der Waals surface area (Å²) in [5, 5.41) is 12.5. The van der Waals surface area contributed by atoms with Gasteiger partial charge in [0.05, 0.1) is 5.25 Å². The Bertz CT molecular complexity index is 730. The minimum absolute atomic E-state index is 0.0476. The molecular weight excluding hydrogens is 328 g/mol. The molecule has 128 valence electrons. The number of urea groups is 1. The highest BCUT2D eigenvalue weighted by molar-refractivity contribution is 8.00. The largest absolute Gasteiger partial charge is 0.411 e. The molecule has 24 heavy (non-hydrogen) atoms. The van der Waals surface area contributed by atoms with Crippen molar-refractivity contribution in [3.8, 4) is 11.5 Å². The van der Waals surface area contributed by atoms with Gasteiger partial charge in [0.15, 0.2) is 0 Å². The van der Waals surface area contributed by atoms with E-state index in [-0.39, 0.29) is 11.3 Å². The normalized spacial score (nSPS) is 12.0. The van der Waals surface area contributed by atoms with E-state index in [0.29, 0.717) is 5.89 Å². The van der Waals surface area contributed by atoms with Crippen LogP contribution in [0.5, 0.6) is 0 Å². The van der Waals surface area contributed by atoms with Crippen molar-refractivity contribution in [3.05, 3.63) is 29.8 Å². The van der Waals surface area contributed by atoms with Crippen LogP contribution in [0, 0.1) is 6.92 Å². The van der Waals surface area contributed by atoms with E-state index in [2.05, 4.69) is 20.8 Å². The molecule has 0 aliphatic rings. The number of aromatic nitrogens is 2. The van der Waals surface area contributed by atoms with Crippen LogP contribution in [-0.4, -0.2) is 33.4 Å². The van der Waals surface area contributed by atoms with E-state index in [4.69, 9.17) is 4.42 Å². The monoisotopic (exact) mass is 348 g/mol. The summed E-state index contributed by atoms with van der Waals surface area (Å²) in [5.41, 5.74) is 1.91. The first-order valence-electron chi connectivity index (χ1n) is 7.53. The molecule has 2 rings (SSSR count). The van der Waals surface area contributed by atoms with Gasteiger partial charge in [0.25, 0.3) is 5.22 Å². The summed E-state index contributed by atoms with van der Waals surface area (Å²) in [6, 6.07) is 7.13. The molecular formula is C16H20N4O3S. The van der Waals surface area contributed by atoms with Crippen molar-refractivity contribution in [2.75, 3.05) is 0 Å². The minimum Gasteiger partial charge on any atom is -0.411 e. The van der Waals surface area contributed by atoms with Gasteiger partial charge in [-0.25, -0.2) is 4.79 Å². The van der Waals surface area contributed by atoms with Crippen molar-refractivity contribution in [2.45, 2.75) is 44.2 Å². The standard InChI is InChI=1S/C16H20N4O3S/c1-9(2)17-15(22)18-13(21)11(4)24-16-20-19-14(23-16)12-7-5-6-10(3)8-12/h5-9,11H,1-4H3,(H2,17,18,21,22)/t11-/m0/s1. The van der Waals surface area contributed by atoms with Crippen LogP contribution in [0.1, 0.15) is 26.3 Å². The Kier molecular flexibility index (Phi) is 5.97. The highest BCUT2D eigenvalue weighted by atomic mass is 32.2. The molecule has 2 aromatic rings. The Hall–Kier alpha value is -2.35. The Balaban J connectivity index is 1.96. The zero-order valence-corrected chi connectivity index (χ0v) is 14.8. The lowest BCUT2D eigenvalue weighted by Crippen LogP contribution is -2.45. The first kappa shape index (κ1) is 18.0. The average Bonchev–Trinajstić information content (AvgIpc) is 2.94. The molecule has 0 spiro atoms. The van der Waals surface area contributed by atoms with Crippen LogP contribution in [0.3, 0.4) is 0 Å². The number of hydrogen-bond acceptors (Lipinski definition) is 6. The maximum absolute atomic E-state index is 12.0. The second-order valence-corrected chi connectivity index (χ2v) is 6.91. The third-order valence-electron chi connectivity index (χ3n) is 2.97. The number of amides is 3. The SMILES string of the molecule is Cc1cccc(-c2nnc(S[C@@H](C)C(=O)NC(=O)NC(C)C)o2)c1. The average molecular weight is 348 g/mol. The lowest BCUT2D eigenvalue weighted by molar-refractivity contribution is -0.119. The van der Waals surface area contributed by atoms with Crippen molar-refractivity contribution in [3.63, 3.8) is 0 Å². The van der Waals surface area contributed by atoms with Crippen molar-refractivity contribution in [1.82, 2.24) is 20.8 Å². The van der Waals surface area contributed by atoms with Gasteiger partial charge in [0.1, 0.15) is 0 Å². The Labute approximate surface area is 144 Å². The molecule has 0 unspecified atom stereocenters. The van der Waals surface area contributed by atoms with Gasteiger partial charge in [-0.05, 0) is 39.8 Å². The van der Waals surface area contributed by atoms with Gasteiger partial charge < -0.3 is 9.73 Å². The van der Waals surface area contributed by atoms with Gasteiger partial charge >= 0.3 is 6.03 Å². The number of nitrogens with one attached hydrogen (secondary N) is 2. The summed E-state index contributed by atoms with van der Waals surface area (Å²) in [7, 11) is 0. The van der Waals surface area contributed by atoms with E-state index >= 15 is 0 Å². The molecule has 8 heteroatoms. The lowest BCUT2D eigenvalue weighted by atomic mass is 10.1. The second kappa shape index (κ2) is 7.96. The second-order valence-electron chi connectivity index (χ2n) is 5.62. The number of carbonyl (C=O) groups excluding carboxylic acids is 2. The molecule has 0 saturated carbocycles.